The number of carbonyl (C=O) groups is 1. The summed E-state index contributed by atoms with van der Waals surface area (Å²) in [4.78, 5) is 20.9. The second kappa shape index (κ2) is 8.27. The highest BCUT2D eigenvalue weighted by molar-refractivity contribution is 5.89. The Hall–Kier alpha value is -3.46. The molecule has 1 aliphatic heterocycles. The number of aromatic nitrogens is 4. The van der Waals surface area contributed by atoms with E-state index in [4.69, 9.17) is 9.47 Å². The van der Waals surface area contributed by atoms with Gasteiger partial charge in [0, 0.05) is 42.7 Å². The largest absolute Gasteiger partial charge is 0.481 e. The topological polar surface area (TPSA) is 103 Å². The summed E-state index contributed by atoms with van der Waals surface area (Å²) >= 11 is 0. The normalized spacial score (nSPS) is 18.4. The molecular formula is C20H22N6O3. The molecule has 29 heavy (non-hydrogen) atoms. The molecule has 9 nitrogen and oxygen atoms in total. The second-order valence-electron chi connectivity index (χ2n) is 6.74. The molecule has 3 aromatic rings. The zero-order chi connectivity index (χ0) is 20.2. The standard InChI is InChI=1S/C20H22N6O3/c1-26-12-22-19(25-26)13-3-6-15(7-4-13)23-20(27)24-16-9-10-29-18(16)14-5-8-17(28-2)21-11-14/h3-8,11-12,16,18H,9-10H2,1-2H3,(H2,23,24,27)/t16-,18+/m1/s1. The van der Waals surface area contributed by atoms with E-state index in [1.165, 1.54) is 0 Å². The fraction of sp³-hybridized carbons (Fsp3) is 0.300. The third-order valence-electron chi connectivity index (χ3n) is 4.71. The number of rotatable bonds is 5. The summed E-state index contributed by atoms with van der Waals surface area (Å²) in [6.07, 6.45) is 3.85. The third kappa shape index (κ3) is 4.35. The first-order chi connectivity index (χ1) is 14.1. The third-order valence-corrected chi connectivity index (χ3v) is 4.71. The number of nitrogens with zero attached hydrogens (tertiary/aromatic N) is 4. The van der Waals surface area contributed by atoms with Gasteiger partial charge in [0.05, 0.1) is 13.2 Å². The molecule has 1 aromatic carbocycles. The molecule has 1 saturated heterocycles. The molecule has 0 bridgehead atoms. The number of hydrogen-bond acceptors (Lipinski definition) is 6. The molecule has 0 spiro atoms. The highest BCUT2D eigenvalue weighted by Gasteiger charge is 2.31. The van der Waals surface area contributed by atoms with Crippen LogP contribution in [0.5, 0.6) is 5.88 Å². The second-order valence-corrected chi connectivity index (χ2v) is 6.74. The Labute approximate surface area is 168 Å². The zero-order valence-electron chi connectivity index (χ0n) is 16.2. The minimum atomic E-state index is -0.282. The van der Waals surface area contributed by atoms with Crippen molar-refractivity contribution in [3.05, 3.63) is 54.5 Å². The van der Waals surface area contributed by atoms with Gasteiger partial charge in [0.15, 0.2) is 5.82 Å². The highest BCUT2D eigenvalue weighted by Crippen LogP contribution is 2.29. The summed E-state index contributed by atoms with van der Waals surface area (Å²) in [5, 5.41) is 10.1. The van der Waals surface area contributed by atoms with Crippen LogP contribution in [0.15, 0.2) is 48.9 Å². The molecule has 1 aliphatic rings. The fourth-order valence-electron chi connectivity index (χ4n) is 3.26. The number of methoxy groups -OCH3 is 1. The minimum absolute atomic E-state index is 0.137. The lowest BCUT2D eigenvalue weighted by Gasteiger charge is -2.20. The zero-order valence-corrected chi connectivity index (χ0v) is 16.2. The van der Waals surface area contributed by atoms with Crippen molar-refractivity contribution in [3.63, 3.8) is 0 Å². The molecular weight excluding hydrogens is 372 g/mol. The summed E-state index contributed by atoms with van der Waals surface area (Å²) in [7, 11) is 3.39. The lowest BCUT2D eigenvalue weighted by molar-refractivity contribution is 0.100. The number of urea groups is 1. The van der Waals surface area contributed by atoms with Gasteiger partial charge in [-0.25, -0.2) is 14.8 Å². The van der Waals surface area contributed by atoms with Crippen molar-refractivity contribution >= 4 is 11.7 Å². The van der Waals surface area contributed by atoms with Crippen LogP contribution in [-0.2, 0) is 11.8 Å². The predicted octanol–water partition coefficient (Wildman–Crippen LogP) is 2.54. The molecule has 3 heterocycles. The fourth-order valence-corrected chi connectivity index (χ4v) is 3.26. The molecule has 2 aromatic heterocycles. The van der Waals surface area contributed by atoms with Crippen molar-refractivity contribution in [1.82, 2.24) is 25.1 Å². The maximum atomic E-state index is 12.5. The number of anilines is 1. The van der Waals surface area contributed by atoms with E-state index in [0.717, 1.165) is 17.5 Å². The molecule has 1 fully saturated rings. The van der Waals surface area contributed by atoms with Crippen molar-refractivity contribution in [2.45, 2.75) is 18.6 Å². The number of amides is 2. The number of pyridine rings is 1. The van der Waals surface area contributed by atoms with Crippen LogP contribution in [0.25, 0.3) is 11.4 Å². The van der Waals surface area contributed by atoms with Crippen LogP contribution in [0.2, 0.25) is 0 Å². The molecule has 0 aliphatic carbocycles. The van der Waals surface area contributed by atoms with Gasteiger partial charge in [0.25, 0.3) is 0 Å². The van der Waals surface area contributed by atoms with E-state index in [-0.39, 0.29) is 18.2 Å². The minimum Gasteiger partial charge on any atom is -0.481 e. The van der Waals surface area contributed by atoms with E-state index in [0.29, 0.717) is 24.0 Å². The quantitative estimate of drug-likeness (QED) is 0.689. The molecule has 0 radical (unpaired) electrons. The molecule has 9 heteroatoms. The number of aryl methyl sites for hydroxylation is 1. The molecule has 2 atom stereocenters. The smallest absolute Gasteiger partial charge is 0.319 e. The number of hydrogen-bond donors (Lipinski definition) is 2. The number of benzene rings is 1. The number of ether oxygens (including phenoxy) is 2. The van der Waals surface area contributed by atoms with E-state index in [2.05, 4.69) is 25.7 Å². The van der Waals surface area contributed by atoms with E-state index in [1.807, 2.05) is 37.4 Å². The molecule has 2 amide bonds. The van der Waals surface area contributed by atoms with Crippen LogP contribution in [0.1, 0.15) is 18.1 Å². The summed E-state index contributed by atoms with van der Waals surface area (Å²) < 4.78 is 12.5. The highest BCUT2D eigenvalue weighted by atomic mass is 16.5. The van der Waals surface area contributed by atoms with Crippen LogP contribution >= 0.6 is 0 Å². The van der Waals surface area contributed by atoms with E-state index in [9.17, 15) is 4.79 Å². The SMILES string of the molecule is COc1ccc([C@@H]2OCC[C@H]2NC(=O)Nc2ccc(-c3ncn(C)n3)cc2)cn1. The average Bonchev–Trinajstić information content (AvgIpc) is 3.37. The number of nitrogens with one attached hydrogen (secondary N) is 2. The first-order valence-corrected chi connectivity index (χ1v) is 9.27. The first-order valence-electron chi connectivity index (χ1n) is 9.27. The lowest BCUT2D eigenvalue weighted by Crippen LogP contribution is -2.39. The van der Waals surface area contributed by atoms with E-state index < -0.39 is 0 Å². The molecule has 0 saturated carbocycles. The van der Waals surface area contributed by atoms with Gasteiger partial charge in [-0.2, -0.15) is 5.10 Å². The number of carbonyl (C=O) groups excluding carboxylic acids is 1. The summed E-state index contributed by atoms with van der Waals surface area (Å²) in [5.74, 6) is 1.18. The molecule has 2 N–H and O–H groups in total. The summed E-state index contributed by atoms with van der Waals surface area (Å²) in [6.45, 7) is 0.577. The van der Waals surface area contributed by atoms with Crippen molar-refractivity contribution in [1.29, 1.82) is 0 Å². The van der Waals surface area contributed by atoms with Gasteiger partial charge >= 0.3 is 6.03 Å². The Morgan fingerprint density at radius 3 is 2.69 bits per heavy atom. The van der Waals surface area contributed by atoms with E-state index in [1.54, 1.807) is 30.4 Å². The monoisotopic (exact) mass is 394 g/mol. The molecule has 150 valence electrons. The van der Waals surface area contributed by atoms with Gasteiger partial charge < -0.3 is 20.1 Å². The van der Waals surface area contributed by atoms with Gasteiger partial charge in [0.1, 0.15) is 12.4 Å². The first kappa shape index (κ1) is 18.9. The lowest BCUT2D eigenvalue weighted by atomic mass is 10.0. The Kier molecular flexibility index (Phi) is 5.39. The Morgan fingerprint density at radius 2 is 2.03 bits per heavy atom. The van der Waals surface area contributed by atoms with Gasteiger partial charge in [-0.15, -0.1) is 0 Å². The Morgan fingerprint density at radius 1 is 1.21 bits per heavy atom. The van der Waals surface area contributed by atoms with Crippen LogP contribution in [0, 0.1) is 0 Å². The Balaban J connectivity index is 1.37. The van der Waals surface area contributed by atoms with Gasteiger partial charge in [-0.3, -0.25) is 4.68 Å². The summed E-state index contributed by atoms with van der Waals surface area (Å²) in [6, 6.07) is 10.6. The summed E-state index contributed by atoms with van der Waals surface area (Å²) in [5.41, 5.74) is 2.47. The Bertz CT molecular complexity index is 971. The molecule has 4 rings (SSSR count). The maximum Gasteiger partial charge on any atom is 0.319 e. The van der Waals surface area contributed by atoms with Crippen LogP contribution in [0.3, 0.4) is 0 Å². The van der Waals surface area contributed by atoms with Crippen molar-refractivity contribution in [2.75, 3.05) is 19.0 Å². The van der Waals surface area contributed by atoms with E-state index >= 15 is 0 Å². The maximum absolute atomic E-state index is 12.5. The van der Waals surface area contributed by atoms with Crippen molar-refractivity contribution in [3.8, 4) is 17.3 Å². The molecule has 0 unspecified atom stereocenters. The van der Waals surface area contributed by atoms with Gasteiger partial charge in [0.2, 0.25) is 5.88 Å². The van der Waals surface area contributed by atoms with Crippen molar-refractivity contribution in [2.24, 2.45) is 7.05 Å². The average molecular weight is 394 g/mol. The van der Waals surface area contributed by atoms with Crippen molar-refractivity contribution < 1.29 is 14.3 Å². The van der Waals surface area contributed by atoms with Crippen LogP contribution < -0.4 is 15.4 Å². The van der Waals surface area contributed by atoms with Crippen LogP contribution in [0.4, 0.5) is 10.5 Å². The van der Waals surface area contributed by atoms with Gasteiger partial charge in [-0.1, -0.05) is 0 Å². The van der Waals surface area contributed by atoms with Gasteiger partial charge in [-0.05, 0) is 36.8 Å². The van der Waals surface area contributed by atoms with Crippen LogP contribution in [-0.4, -0.2) is 45.5 Å². The predicted molar refractivity (Wildman–Crippen MR) is 106 cm³/mol.